The molecule has 7 heteroatoms. The topological polar surface area (TPSA) is 78.3 Å². The zero-order chi connectivity index (χ0) is 19.8. The lowest BCUT2D eigenvalue weighted by molar-refractivity contribution is -0.121. The molecule has 0 aliphatic heterocycles. The Labute approximate surface area is 164 Å². The van der Waals surface area contributed by atoms with Crippen molar-refractivity contribution in [2.75, 3.05) is 14.2 Å². The first kappa shape index (κ1) is 19.4. The van der Waals surface area contributed by atoms with Gasteiger partial charge >= 0.3 is 0 Å². The van der Waals surface area contributed by atoms with Crippen molar-refractivity contribution in [1.82, 2.24) is 20.3 Å². The first-order chi connectivity index (χ1) is 13.7. The molecule has 1 N–H and O–H groups in total. The Kier molecular flexibility index (Phi) is 6.62. The zero-order valence-corrected chi connectivity index (χ0v) is 16.0. The molecule has 0 unspecified atom stereocenters. The van der Waals surface area contributed by atoms with E-state index in [0.29, 0.717) is 25.1 Å². The summed E-state index contributed by atoms with van der Waals surface area (Å²) in [6, 6.07) is 15.2. The number of carbonyl (C=O) groups excluding carboxylic acids is 1. The fourth-order valence-electron chi connectivity index (χ4n) is 2.99. The van der Waals surface area contributed by atoms with Crippen molar-refractivity contribution in [2.24, 2.45) is 0 Å². The number of hydrogen-bond acceptors (Lipinski definition) is 5. The SMILES string of the molecule is COc1ccc(CCC(=O)N[C@@H](Cn2nccn2)c2ccccc2)c(OC)c1. The summed E-state index contributed by atoms with van der Waals surface area (Å²) in [5, 5.41) is 11.4. The monoisotopic (exact) mass is 380 g/mol. The van der Waals surface area contributed by atoms with Crippen LogP contribution >= 0.6 is 0 Å². The molecule has 146 valence electrons. The Morgan fingerprint density at radius 2 is 1.82 bits per heavy atom. The summed E-state index contributed by atoms with van der Waals surface area (Å²) in [5.74, 6) is 1.40. The van der Waals surface area contributed by atoms with Crippen LogP contribution in [0.5, 0.6) is 11.5 Å². The molecule has 3 aromatic rings. The van der Waals surface area contributed by atoms with Crippen LogP contribution in [-0.2, 0) is 17.8 Å². The van der Waals surface area contributed by atoms with Crippen molar-refractivity contribution in [1.29, 1.82) is 0 Å². The second kappa shape index (κ2) is 9.55. The minimum absolute atomic E-state index is 0.0427. The zero-order valence-electron chi connectivity index (χ0n) is 16.0. The lowest BCUT2D eigenvalue weighted by Gasteiger charge is -2.19. The Morgan fingerprint density at radius 1 is 1.07 bits per heavy atom. The molecule has 3 rings (SSSR count). The summed E-state index contributed by atoms with van der Waals surface area (Å²) in [6.45, 7) is 0.467. The number of hydrogen-bond donors (Lipinski definition) is 1. The minimum atomic E-state index is -0.209. The predicted octanol–water partition coefficient (Wildman–Crippen LogP) is 2.79. The summed E-state index contributed by atoms with van der Waals surface area (Å²) in [6.07, 6.45) is 4.17. The van der Waals surface area contributed by atoms with Crippen molar-refractivity contribution in [3.63, 3.8) is 0 Å². The van der Waals surface area contributed by atoms with Crippen molar-refractivity contribution in [2.45, 2.75) is 25.4 Å². The van der Waals surface area contributed by atoms with Gasteiger partial charge in [-0.1, -0.05) is 36.4 Å². The number of ether oxygens (including phenoxy) is 2. The van der Waals surface area contributed by atoms with Gasteiger partial charge in [-0.2, -0.15) is 15.0 Å². The first-order valence-electron chi connectivity index (χ1n) is 9.09. The number of benzene rings is 2. The fourth-order valence-corrected chi connectivity index (χ4v) is 2.99. The fraction of sp³-hybridized carbons (Fsp3) is 0.286. The van der Waals surface area contributed by atoms with Gasteiger partial charge in [0.2, 0.25) is 5.91 Å². The number of amides is 1. The normalized spacial score (nSPS) is 11.6. The van der Waals surface area contributed by atoms with Gasteiger partial charge in [0, 0.05) is 12.5 Å². The predicted molar refractivity (Wildman–Crippen MR) is 105 cm³/mol. The van der Waals surface area contributed by atoms with E-state index in [2.05, 4.69) is 15.5 Å². The van der Waals surface area contributed by atoms with Crippen molar-refractivity contribution >= 4 is 5.91 Å². The van der Waals surface area contributed by atoms with Crippen LogP contribution in [0.1, 0.15) is 23.6 Å². The largest absolute Gasteiger partial charge is 0.497 e. The standard InChI is InChI=1S/C21H24N4O3/c1-27-18-10-8-17(20(14-18)28-2)9-11-21(26)24-19(15-25-22-12-13-23-25)16-6-4-3-5-7-16/h3-8,10,12-14,19H,9,11,15H2,1-2H3,(H,24,26)/t19-/m0/s1. The number of nitrogens with zero attached hydrogens (tertiary/aromatic N) is 3. The molecular formula is C21H24N4O3. The highest BCUT2D eigenvalue weighted by molar-refractivity contribution is 5.76. The van der Waals surface area contributed by atoms with E-state index >= 15 is 0 Å². The molecule has 1 atom stereocenters. The number of aryl methyl sites for hydroxylation is 1. The smallest absolute Gasteiger partial charge is 0.220 e. The van der Waals surface area contributed by atoms with E-state index in [0.717, 1.165) is 16.9 Å². The number of aromatic nitrogens is 3. The van der Waals surface area contributed by atoms with Crippen LogP contribution < -0.4 is 14.8 Å². The number of carbonyl (C=O) groups is 1. The highest BCUT2D eigenvalue weighted by atomic mass is 16.5. The average molecular weight is 380 g/mol. The second-order valence-electron chi connectivity index (χ2n) is 6.29. The van der Waals surface area contributed by atoms with E-state index in [4.69, 9.17) is 9.47 Å². The third-order valence-corrected chi connectivity index (χ3v) is 4.47. The summed E-state index contributed by atoms with van der Waals surface area (Å²) < 4.78 is 10.6. The maximum atomic E-state index is 12.6. The molecule has 0 saturated carbocycles. The van der Waals surface area contributed by atoms with Crippen molar-refractivity contribution in [3.8, 4) is 11.5 Å². The average Bonchev–Trinajstić information content (AvgIpc) is 3.25. The highest BCUT2D eigenvalue weighted by Gasteiger charge is 2.16. The number of nitrogens with one attached hydrogen (secondary N) is 1. The quantitative estimate of drug-likeness (QED) is 0.618. The summed E-state index contributed by atoms with van der Waals surface area (Å²) in [4.78, 5) is 14.2. The summed E-state index contributed by atoms with van der Waals surface area (Å²) >= 11 is 0. The molecule has 0 bridgehead atoms. The van der Waals surface area contributed by atoms with Gasteiger partial charge in [0.1, 0.15) is 11.5 Å². The molecule has 0 fully saturated rings. The third kappa shape index (κ3) is 5.09. The Hall–Kier alpha value is -3.35. The molecule has 28 heavy (non-hydrogen) atoms. The lowest BCUT2D eigenvalue weighted by Crippen LogP contribution is -2.32. The maximum absolute atomic E-state index is 12.6. The van der Waals surface area contributed by atoms with E-state index < -0.39 is 0 Å². The van der Waals surface area contributed by atoms with Crippen molar-refractivity contribution in [3.05, 3.63) is 72.1 Å². The summed E-state index contributed by atoms with van der Waals surface area (Å²) in [7, 11) is 3.22. The number of methoxy groups -OCH3 is 2. The first-order valence-corrected chi connectivity index (χ1v) is 9.09. The van der Waals surface area contributed by atoms with E-state index in [1.54, 1.807) is 31.4 Å². The third-order valence-electron chi connectivity index (χ3n) is 4.47. The van der Waals surface area contributed by atoms with Gasteiger partial charge < -0.3 is 14.8 Å². The highest BCUT2D eigenvalue weighted by Crippen LogP contribution is 2.25. The van der Waals surface area contributed by atoms with Crippen LogP contribution in [0, 0.1) is 0 Å². The van der Waals surface area contributed by atoms with Crippen LogP contribution in [-0.4, -0.2) is 35.1 Å². The summed E-state index contributed by atoms with van der Waals surface area (Å²) in [5.41, 5.74) is 1.97. The van der Waals surface area contributed by atoms with Crippen LogP contribution in [0.3, 0.4) is 0 Å². The van der Waals surface area contributed by atoms with Gasteiger partial charge in [-0.3, -0.25) is 4.79 Å². The molecule has 7 nitrogen and oxygen atoms in total. The van der Waals surface area contributed by atoms with E-state index in [9.17, 15) is 4.79 Å². The Bertz CT molecular complexity index is 882. The van der Waals surface area contributed by atoms with E-state index in [1.165, 1.54) is 0 Å². The second-order valence-corrected chi connectivity index (χ2v) is 6.29. The molecule has 1 heterocycles. The molecule has 1 amide bonds. The molecule has 0 saturated heterocycles. The van der Waals surface area contributed by atoms with E-state index in [-0.39, 0.29) is 11.9 Å². The molecule has 0 radical (unpaired) electrons. The molecular weight excluding hydrogens is 356 g/mol. The Balaban J connectivity index is 1.65. The van der Waals surface area contributed by atoms with Crippen LogP contribution in [0.4, 0.5) is 0 Å². The molecule has 0 spiro atoms. The molecule has 0 aliphatic rings. The molecule has 1 aromatic heterocycles. The van der Waals surface area contributed by atoms with Gasteiger partial charge in [0.25, 0.3) is 0 Å². The maximum Gasteiger partial charge on any atom is 0.220 e. The van der Waals surface area contributed by atoms with Crippen molar-refractivity contribution < 1.29 is 14.3 Å². The van der Waals surface area contributed by atoms with Gasteiger partial charge in [-0.25, -0.2) is 0 Å². The van der Waals surface area contributed by atoms with Gasteiger partial charge in [-0.15, -0.1) is 0 Å². The van der Waals surface area contributed by atoms with E-state index in [1.807, 2.05) is 48.5 Å². The van der Waals surface area contributed by atoms with Crippen LogP contribution in [0.2, 0.25) is 0 Å². The van der Waals surface area contributed by atoms with Crippen LogP contribution in [0.25, 0.3) is 0 Å². The molecule has 0 aliphatic carbocycles. The minimum Gasteiger partial charge on any atom is -0.497 e. The lowest BCUT2D eigenvalue weighted by atomic mass is 10.1. The van der Waals surface area contributed by atoms with Gasteiger partial charge in [-0.05, 0) is 23.6 Å². The van der Waals surface area contributed by atoms with Gasteiger partial charge in [0.05, 0.1) is 39.2 Å². The Morgan fingerprint density at radius 3 is 2.50 bits per heavy atom. The van der Waals surface area contributed by atoms with Gasteiger partial charge in [0.15, 0.2) is 0 Å². The molecule has 2 aromatic carbocycles. The number of rotatable bonds is 9. The van der Waals surface area contributed by atoms with Crippen LogP contribution in [0.15, 0.2) is 60.9 Å².